The number of aryl methyl sites for hydroxylation is 2. The van der Waals surface area contributed by atoms with E-state index in [-0.39, 0.29) is 50.7 Å². The third-order valence-electron chi connectivity index (χ3n) is 6.76. The third-order valence-corrected chi connectivity index (χ3v) is 7.77. The lowest BCUT2D eigenvalue weighted by Gasteiger charge is -2.14. The third kappa shape index (κ3) is 6.59. The normalized spacial score (nSPS) is 13.0. The Hall–Kier alpha value is -4.98. The highest BCUT2D eigenvalue weighted by atomic mass is 32.1. The molecule has 6 N–H and O–H groups in total. The van der Waals surface area contributed by atoms with E-state index in [4.69, 9.17) is 11.1 Å². The highest BCUT2D eigenvalue weighted by Gasteiger charge is 2.33. The predicted molar refractivity (Wildman–Crippen MR) is 157 cm³/mol. The minimum absolute atomic E-state index is 0.0409. The molecule has 0 unspecified atom stereocenters. The minimum Gasteiger partial charge on any atom is -0.397 e. The Kier molecular flexibility index (Phi) is 7.80. The van der Waals surface area contributed by atoms with Crippen LogP contribution < -0.4 is 21.7 Å². The van der Waals surface area contributed by atoms with Gasteiger partial charge in [0, 0.05) is 40.1 Å². The summed E-state index contributed by atoms with van der Waals surface area (Å²) >= 11 is 1.05. The molecule has 1 aliphatic rings. The van der Waals surface area contributed by atoms with E-state index in [0.717, 1.165) is 36.3 Å². The summed E-state index contributed by atoms with van der Waals surface area (Å²) < 4.78 is 42.3. The first kappa shape index (κ1) is 29.5. The number of amides is 3. The lowest BCUT2D eigenvalue weighted by atomic mass is 10.1. The molecule has 0 bridgehead atoms. The first-order chi connectivity index (χ1) is 20.3. The van der Waals surface area contributed by atoms with Gasteiger partial charge in [-0.2, -0.15) is 13.2 Å². The molecular formula is C29H26F3N7O3S. The second-order valence-corrected chi connectivity index (χ2v) is 11.0. The van der Waals surface area contributed by atoms with Gasteiger partial charge >= 0.3 is 6.18 Å². The molecule has 43 heavy (non-hydrogen) atoms. The maximum absolute atomic E-state index is 13.6. The molecule has 0 saturated heterocycles. The van der Waals surface area contributed by atoms with Gasteiger partial charge in [-0.05, 0) is 62.6 Å². The van der Waals surface area contributed by atoms with Gasteiger partial charge in [0.1, 0.15) is 5.84 Å². The van der Waals surface area contributed by atoms with E-state index in [9.17, 15) is 27.6 Å². The number of nitrogen functional groups attached to an aromatic ring is 1. The van der Waals surface area contributed by atoms with Crippen LogP contribution in [0.3, 0.4) is 0 Å². The molecule has 0 aliphatic heterocycles. The number of benzene rings is 2. The molecule has 1 saturated carbocycles. The van der Waals surface area contributed by atoms with E-state index in [1.54, 1.807) is 32.2 Å². The van der Waals surface area contributed by atoms with Gasteiger partial charge in [-0.15, -0.1) is 11.3 Å². The van der Waals surface area contributed by atoms with E-state index in [1.807, 2.05) is 0 Å². The van der Waals surface area contributed by atoms with E-state index in [1.165, 1.54) is 28.4 Å². The molecule has 2 heterocycles. The van der Waals surface area contributed by atoms with E-state index in [2.05, 4.69) is 20.9 Å². The molecule has 0 atom stereocenters. The number of amidine groups is 1. The Balaban J connectivity index is 1.34. The number of nitrogens with one attached hydrogen (secondary N) is 4. The number of hydrogen-bond donors (Lipinski definition) is 5. The summed E-state index contributed by atoms with van der Waals surface area (Å²) in [5, 5.41) is 17.5. The average molecular weight is 610 g/mol. The van der Waals surface area contributed by atoms with Crippen LogP contribution in [0.15, 0.2) is 54.3 Å². The highest BCUT2D eigenvalue weighted by Crippen LogP contribution is 2.33. The first-order valence-corrected chi connectivity index (χ1v) is 13.9. The summed E-state index contributed by atoms with van der Waals surface area (Å²) in [5.74, 6) is -1.90. The van der Waals surface area contributed by atoms with Crippen molar-refractivity contribution in [3.05, 3.63) is 87.1 Å². The quantitative estimate of drug-likeness (QED) is 0.138. The van der Waals surface area contributed by atoms with Crippen LogP contribution in [-0.4, -0.2) is 33.1 Å². The molecule has 4 aromatic rings. The number of alkyl halides is 3. The molecule has 0 spiro atoms. The zero-order valence-corrected chi connectivity index (χ0v) is 23.7. The Morgan fingerprint density at radius 2 is 1.81 bits per heavy atom. The van der Waals surface area contributed by atoms with E-state index < -0.39 is 23.6 Å². The van der Waals surface area contributed by atoms with E-state index in [0.29, 0.717) is 16.9 Å². The second kappa shape index (κ2) is 11.4. The maximum Gasteiger partial charge on any atom is 0.416 e. The van der Waals surface area contributed by atoms with Gasteiger partial charge in [0.15, 0.2) is 0 Å². The second-order valence-electron chi connectivity index (χ2n) is 10.2. The number of nitrogens with zero attached hydrogens (tertiary/aromatic N) is 2. The standard InChI is InChI=1S/C29H26F3N7O3S/c1-14-3-6-19(36-27(41)17-7-18(29(30,31)32)9-20(8-17)39-11-15(2)35-13-39)10-22(14)37-28(42)21-12-43-24(23(21)33)25(34)38-26(40)16-4-5-16/h3,6-13,16H,4-5,33H2,1-2H3,(H,36,41)(H,37,42)(H2,34,38,40). The van der Waals surface area contributed by atoms with Crippen molar-refractivity contribution in [3.8, 4) is 5.69 Å². The fourth-order valence-electron chi connectivity index (χ4n) is 4.21. The van der Waals surface area contributed by atoms with Crippen LogP contribution in [0.5, 0.6) is 0 Å². The number of hydrogen-bond acceptors (Lipinski definition) is 7. The van der Waals surface area contributed by atoms with Gasteiger partial charge in [0.05, 0.1) is 33.7 Å². The number of aromatic nitrogens is 2. The van der Waals surface area contributed by atoms with Crippen molar-refractivity contribution in [1.82, 2.24) is 14.9 Å². The lowest BCUT2D eigenvalue weighted by Crippen LogP contribution is -2.31. The summed E-state index contributed by atoms with van der Waals surface area (Å²) in [6.45, 7) is 3.41. The van der Waals surface area contributed by atoms with Gasteiger partial charge in [0.25, 0.3) is 11.8 Å². The maximum atomic E-state index is 13.6. The number of anilines is 3. The first-order valence-electron chi connectivity index (χ1n) is 13.0. The number of rotatable bonds is 7. The number of thiophene rings is 1. The number of halogens is 3. The lowest BCUT2D eigenvalue weighted by molar-refractivity contribution is -0.137. The topological polar surface area (TPSA) is 155 Å². The Bertz CT molecular complexity index is 1770. The number of carbonyl (C=O) groups is 3. The van der Waals surface area contributed by atoms with Crippen LogP contribution in [0.4, 0.5) is 30.2 Å². The molecule has 5 rings (SSSR count). The SMILES string of the molecule is Cc1cn(-c2cc(C(=O)Nc3ccc(C)c(NC(=O)c4csc(C(=N)NC(=O)C5CC5)c4N)c3)cc(C(F)(F)F)c2)cn1. The summed E-state index contributed by atoms with van der Waals surface area (Å²) in [4.78, 5) is 42.5. The van der Waals surface area contributed by atoms with Crippen LogP contribution in [0, 0.1) is 25.2 Å². The molecule has 0 radical (unpaired) electrons. The van der Waals surface area contributed by atoms with Crippen molar-refractivity contribution in [1.29, 1.82) is 5.41 Å². The van der Waals surface area contributed by atoms with Crippen molar-refractivity contribution in [2.24, 2.45) is 5.92 Å². The molecule has 2 aromatic carbocycles. The molecule has 1 aliphatic carbocycles. The molecule has 3 amide bonds. The van der Waals surface area contributed by atoms with Crippen molar-refractivity contribution in [3.63, 3.8) is 0 Å². The molecule has 1 fully saturated rings. The molecule has 14 heteroatoms. The van der Waals surface area contributed by atoms with Gasteiger partial charge in [0.2, 0.25) is 5.91 Å². The van der Waals surface area contributed by atoms with Crippen molar-refractivity contribution in [2.75, 3.05) is 16.4 Å². The van der Waals surface area contributed by atoms with E-state index >= 15 is 0 Å². The van der Waals surface area contributed by atoms with Crippen LogP contribution >= 0.6 is 11.3 Å². The number of carbonyl (C=O) groups excluding carboxylic acids is 3. The Morgan fingerprint density at radius 1 is 1.07 bits per heavy atom. The predicted octanol–water partition coefficient (Wildman–Crippen LogP) is 5.51. The van der Waals surface area contributed by atoms with Crippen molar-refractivity contribution in [2.45, 2.75) is 32.9 Å². The van der Waals surface area contributed by atoms with Crippen LogP contribution in [0.2, 0.25) is 0 Å². The Morgan fingerprint density at radius 3 is 2.47 bits per heavy atom. The fraction of sp³-hybridized carbons (Fsp3) is 0.207. The van der Waals surface area contributed by atoms with Gasteiger partial charge in [-0.1, -0.05) is 6.07 Å². The summed E-state index contributed by atoms with van der Waals surface area (Å²) in [5.41, 5.74) is 6.97. The largest absolute Gasteiger partial charge is 0.416 e. The van der Waals surface area contributed by atoms with Gasteiger partial charge in [-0.3, -0.25) is 19.8 Å². The van der Waals surface area contributed by atoms with Crippen molar-refractivity contribution >= 4 is 52.0 Å². The van der Waals surface area contributed by atoms with Crippen molar-refractivity contribution < 1.29 is 27.6 Å². The van der Waals surface area contributed by atoms with Crippen LogP contribution in [0.1, 0.15) is 55.3 Å². The average Bonchev–Trinajstić information content (AvgIpc) is 3.60. The van der Waals surface area contributed by atoms with Crippen LogP contribution in [0.25, 0.3) is 5.69 Å². The van der Waals surface area contributed by atoms with Crippen LogP contribution in [-0.2, 0) is 11.0 Å². The molecular weight excluding hydrogens is 583 g/mol. The summed E-state index contributed by atoms with van der Waals surface area (Å²) in [6.07, 6.45) is -0.234. The summed E-state index contributed by atoms with van der Waals surface area (Å²) in [7, 11) is 0. The number of nitrogens with two attached hydrogens (primary N) is 1. The van der Waals surface area contributed by atoms with Gasteiger partial charge in [-0.25, -0.2) is 4.98 Å². The van der Waals surface area contributed by atoms with Gasteiger partial charge < -0.3 is 26.3 Å². The summed E-state index contributed by atoms with van der Waals surface area (Å²) in [6, 6.07) is 7.67. The monoisotopic (exact) mass is 609 g/mol. The molecule has 10 nitrogen and oxygen atoms in total. The molecule has 222 valence electrons. The smallest absolute Gasteiger partial charge is 0.397 e. The number of imidazole rings is 1. The minimum atomic E-state index is -4.69. The molecule has 2 aromatic heterocycles. The fourth-order valence-corrected chi connectivity index (χ4v) is 5.08. The zero-order chi connectivity index (χ0) is 31.1. The highest BCUT2D eigenvalue weighted by molar-refractivity contribution is 7.13. The Labute approximate surface area is 247 Å². The zero-order valence-electron chi connectivity index (χ0n) is 22.9.